The molecule has 0 aliphatic carbocycles. The van der Waals surface area contributed by atoms with Crippen LogP contribution in [0, 0.1) is 0 Å². The van der Waals surface area contributed by atoms with Gasteiger partial charge in [0.15, 0.2) is 0 Å². The molecule has 0 aliphatic rings. The van der Waals surface area contributed by atoms with Crippen molar-refractivity contribution in [2.75, 3.05) is 25.7 Å². The number of hydrogen-bond donors (Lipinski definition) is 2. The molecular weight excluding hydrogens is 204 g/mol. The van der Waals surface area contributed by atoms with Crippen molar-refractivity contribution in [1.29, 1.82) is 0 Å². The summed E-state index contributed by atoms with van der Waals surface area (Å²) in [6.07, 6.45) is 0.874. The summed E-state index contributed by atoms with van der Waals surface area (Å²) in [6.45, 7) is 1.78. The van der Waals surface area contributed by atoms with Gasteiger partial charge in [-0.1, -0.05) is 4.49 Å². The van der Waals surface area contributed by atoms with Crippen LogP contribution >= 0.6 is 11.5 Å². The van der Waals surface area contributed by atoms with Gasteiger partial charge in [0.2, 0.25) is 0 Å². The largest absolute Gasteiger partial charge is 0.385 e. The lowest BCUT2D eigenvalue weighted by atomic mass is 10.4. The Morgan fingerprint density at radius 1 is 1.50 bits per heavy atom. The molecule has 80 valence electrons. The van der Waals surface area contributed by atoms with Gasteiger partial charge in [-0.25, -0.2) is 5.84 Å². The first-order chi connectivity index (χ1) is 6.88. The fourth-order valence-electron chi connectivity index (χ4n) is 0.887. The molecule has 1 rings (SSSR count). The highest BCUT2D eigenvalue weighted by molar-refractivity contribution is 7.10. The van der Waals surface area contributed by atoms with Crippen molar-refractivity contribution in [3.05, 3.63) is 5.69 Å². The summed E-state index contributed by atoms with van der Waals surface area (Å²) >= 11 is 1.22. The molecule has 0 atom stereocenters. The average molecular weight is 218 g/mol. The number of anilines is 1. The lowest BCUT2D eigenvalue weighted by Crippen LogP contribution is -2.08. The van der Waals surface area contributed by atoms with Gasteiger partial charge in [0.1, 0.15) is 10.7 Å². The Bertz CT molecular complexity index is 256. The van der Waals surface area contributed by atoms with Crippen molar-refractivity contribution < 1.29 is 9.47 Å². The van der Waals surface area contributed by atoms with E-state index in [1.807, 2.05) is 0 Å². The molecule has 0 saturated heterocycles. The van der Waals surface area contributed by atoms with E-state index in [1.165, 1.54) is 11.5 Å². The Morgan fingerprint density at radius 3 is 3.07 bits per heavy atom. The maximum absolute atomic E-state index is 5.35. The Labute approximate surface area is 86.5 Å². The number of rotatable bonds is 7. The van der Waals surface area contributed by atoms with Crippen molar-refractivity contribution in [2.24, 2.45) is 5.84 Å². The number of aromatic nitrogens is 2. The van der Waals surface area contributed by atoms with Gasteiger partial charge in [-0.2, -0.15) is 0 Å². The van der Waals surface area contributed by atoms with Crippen molar-refractivity contribution in [2.45, 2.75) is 13.0 Å². The molecule has 0 aliphatic heterocycles. The number of hydrogen-bond acceptors (Lipinski definition) is 7. The molecule has 0 spiro atoms. The summed E-state index contributed by atoms with van der Waals surface area (Å²) in [4.78, 5) is 0. The van der Waals surface area contributed by atoms with E-state index in [9.17, 15) is 0 Å². The summed E-state index contributed by atoms with van der Waals surface area (Å²) in [6, 6.07) is 0. The molecule has 0 radical (unpaired) electrons. The van der Waals surface area contributed by atoms with Crippen molar-refractivity contribution in [3.8, 4) is 0 Å². The molecule has 1 heterocycles. The number of hydrazine groups is 1. The van der Waals surface area contributed by atoms with Crippen LogP contribution in [0.1, 0.15) is 12.1 Å². The van der Waals surface area contributed by atoms with Crippen LogP contribution in [0.4, 0.5) is 5.00 Å². The minimum Gasteiger partial charge on any atom is -0.385 e. The molecule has 3 N–H and O–H groups in total. The molecule has 1 aromatic heterocycles. The highest BCUT2D eigenvalue weighted by atomic mass is 32.1. The normalized spacial score (nSPS) is 10.4. The van der Waals surface area contributed by atoms with Crippen LogP contribution in [0.5, 0.6) is 0 Å². The lowest BCUT2D eigenvalue weighted by Gasteiger charge is -2.02. The monoisotopic (exact) mass is 218 g/mol. The summed E-state index contributed by atoms with van der Waals surface area (Å²) < 4.78 is 14.0. The Morgan fingerprint density at radius 2 is 2.36 bits per heavy atom. The number of methoxy groups -OCH3 is 1. The van der Waals surface area contributed by atoms with E-state index in [0.717, 1.165) is 17.1 Å². The number of nitrogens with zero attached hydrogens (tertiary/aromatic N) is 2. The fraction of sp³-hybridized carbons (Fsp3) is 0.714. The molecule has 0 fully saturated rings. The van der Waals surface area contributed by atoms with Gasteiger partial charge in [-0.05, 0) is 6.42 Å². The maximum atomic E-state index is 5.35. The fourth-order valence-corrected chi connectivity index (χ4v) is 1.37. The van der Waals surface area contributed by atoms with Gasteiger partial charge in [0, 0.05) is 31.9 Å². The third kappa shape index (κ3) is 3.54. The first-order valence-electron chi connectivity index (χ1n) is 4.23. The third-order valence-corrected chi connectivity index (χ3v) is 2.26. The molecule has 6 nitrogen and oxygen atoms in total. The van der Waals surface area contributed by atoms with E-state index >= 15 is 0 Å². The summed E-state index contributed by atoms with van der Waals surface area (Å²) in [7, 11) is 1.67. The SMILES string of the molecule is COCCCOCc1nnsc1NN. The zero-order chi connectivity index (χ0) is 10.2. The molecular formula is C7H14N4O2S. The quantitative estimate of drug-likeness (QED) is 0.391. The zero-order valence-electron chi connectivity index (χ0n) is 8.02. The van der Waals surface area contributed by atoms with Crippen LogP contribution in [0.15, 0.2) is 0 Å². The van der Waals surface area contributed by atoms with Crippen LogP contribution in [0.2, 0.25) is 0 Å². The van der Waals surface area contributed by atoms with Crippen molar-refractivity contribution >= 4 is 16.5 Å². The molecule has 1 aromatic rings. The number of nitrogens with one attached hydrogen (secondary N) is 1. The van der Waals surface area contributed by atoms with E-state index in [4.69, 9.17) is 15.3 Å². The molecule has 0 aromatic carbocycles. The minimum atomic E-state index is 0.430. The zero-order valence-corrected chi connectivity index (χ0v) is 8.84. The van der Waals surface area contributed by atoms with Gasteiger partial charge in [0.25, 0.3) is 0 Å². The number of ether oxygens (including phenoxy) is 2. The predicted octanol–water partition coefficient (Wildman–Crippen LogP) is 0.377. The van der Waals surface area contributed by atoms with Crippen LogP contribution in [-0.4, -0.2) is 29.9 Å². The molecule has 14 heavy (non-hydrogen) atoms. The second-order valence-corrected chi connectivity index (χ2v) is 3.35. The van der Waals surface area contributed by atoms with Crippen LogP contribution < -0.4 is 11.3 Å². The molecule has 0 amide bonds. The Kier molecular flexibility index (Phi) is 5.38. The van der Waals surface area contributed by atoms with E-state index in [0.29, 0.717) is 19.8 Å². The summed E-state index contributed by atoms with van der Waals surface area (Å²) in [5.41, 5.74) is 3.26. The second kappa shape index (κ2) is 6.66. The van der Waals surface area contributed by atoms with Gasteiger partial charge >= 0.3 is 0 Å². The minimum absolute atomic E-state index is 0.430. The standard InChI is InChI=1S/C7H14N4O2S/c1-12-3-2-4-13-5-6-7(9-8)14-11-10-6/h9H,2-5,8H2,1H3. The average Bonchev–Trinajstić information content (AvgIpc) is 2.65. The van der Waals surface area contributed by atoms with Gasteiger partial charge in [0.05, 0.1) is 6.61 Å². The van der Waals surface area contributed by atoms with E-state index in [2.05, 4.69) is 15.0 Å². The molecule has 0 bridgehead atoms. The molecule has 0 saturated carbocycles. The van der Waals surface area contributed by atoms with Crippen LogP contribution in [-0.2, 0) is 16.1 Å². The van der Waals surface area contributed by atoms with E-state index in [-0.39, 0.29) is 0 Å². The smallest absolute Gasteiger partial charge is 0.149 e. The Hall–Kier alpha value is -0.760. The highest BCUT2D eigenvalue weighted by Gasteiger charge is 2.05. The Balaban J connectivity index is 2.17. The first-order valence-corrected chi connectivity index (χ1v) is 5.00. The first kappa shape index (κ1) is 11.3. The van der Waals surface area contributed by atoms with Gasteiger partial charge in [-0.3, -0.25) is 0 Å². The van der Waals surface area contributed by atoms with E-state index in [1.54, 1.807) is 7.11 Å². The number of nitrogen functional groups attached to an aromatic ring is 1. The predicted molar refractivity (Wildman–Crippen MR) is 53.9 cm³/mol. The maximum Gasteiger partial charge on any atom is 0.149 e. The summed E-state index contributed by atoms with van der Waals surface area (Å²) in [5, 5.41) is 4.62. The molecule has 0 unspecified atom stereocenters. The van der Waals surface area contributed by atoms with Gasteiger partial charge in [-0.15, -0.1) is 5.10 Å². The lowest BCUT2D eigenvalue weighted by molar-refractivity contribution is 0.0913. The number of nitrogens with two attached hydrogens (primary N) is 1. The van der Waals surface area contributed by atoms with Crippen molar-refractivity contribution in [3.63, 3.8) is 0 Å². The van der Waals surface area contributed by atoms with Gasteiger partial charge < -0.3 is 14.9 Å². The summed E-state index contributed by atoms with van der Waals surface area (Å²) in [5.74, 6) is 5.25. The third-order valence-electron chi connectivity index (χ3n) is 1.56. The van der Waals surface area contributed by atoms with E-state index < -0.39 is 0 Å². The molecule has 7 heteroatoms. The second-order valence-electron chi connectivity index (χ2n) is 2.59. The topological polar surface area (TPSA) is 82.3 Å². The van der Waals surface area contributed by atoms with Crippen molar-refractivity contribution in [1.82, 2.24) is 9.59 Å². The highest BCUT2D eigenvalue weighted by Crippen LogP contribution is 2.16. The van der Waals surface area contributed by atoms with Crippen LogP contribution in [0.3, 0.4) is 0 Å². The van der Waals surface area contributed by atoms with Crippen LogP contribution in [0.25, 0.3) is 0 Å².